The van der Waals surface area contributed by atoms with Gasteiger partial charge in [-0.1, -0.05) is 32.0 Å². The topological polar surface area (TPSA) is 35.0 Å². The van der Waals surface area contributed by atoms with Crippen molar-refractivity contribution in [3.63, 3.8) is 0 Å². The van der Waals surface area contributed by atoms with Gasteiger partial charge in [0.1, 0.15) is 5.75 Å². The van der Waals surface area contributed by atoms with Gasteiger partial charge in [-0.2, -0.15) is 10.2 Å². The fraction of sp³-hybridized carbons (Fsp3) is 0.286. The molecule has 1 heterocycles. The van der Waals surface area contributed by atoms with Crippen molar-refractivity contribution < 1.29 is 4.74 Å². The standard InChI is InChI=1S/C14H16N2O/c1-10(2)12-8-15-16-9-13(12)11-6-4-5-7-14(11)17-3/h4-10H,1-3H3. The van der Waals surface area contributed by atoms with Crippen LogP contribution in [-0.4, -0.2) is 17.3 Å². The van der Waals surface area contributed by atoms with Gasteiger partial charge in [-0.3, -0.25) is 0 Å². The molecule has 1 aromatic heterocycles. The van der Waals surface area contributed by atoms with Gasteiger partial charge in [0.15, 0.2) is 0 Å². The molecular formula is C14H16N2O. The number of methoxy groups -OCH3 is 1. The lowest BCUT2D eigenvalue weighted by molar-refractivity contribution is 0.416. The van der Waals surface area contributed by atoms with Crippen LogP contribution >= 0.6 is 0 Å². The molecule has 0 amide bonds. The van der Waals surface area contributed by atoms with Crippen LogP contribution in [0, 0.1) is 0 Å². The van der Waals surface area contributed by atoms with Crippen molar-refractivity contribution in [1.29, 1.82) is 0 Å². The predicted octanol–water partition coefficient (Wildman–Crippen LogP) is 3.28. The summed E-state index contributed by atoms with van der Waals surface area (Å²) < 4.78 is 5.39. The molecule has 2 rings (SSSR count). The molecule has 0 N–H and O–H groups in total. The van der Waals surface area contributed by atoms with Gasteiger partial charge in [0.25, 0.3) is 0 Å². The lowest BCUT2D eigenvalue weighted by Crippen LogP contribution is -1.97. The predicted molar refractivity (Wildman–Crippen MR) is 68.1 cm³/mol. The van der Waals surface area contributed by atoms with E-state index >= 15 is 0 Å². The van der Waals surface area contributed by atoms with Gasteiger partial charge in [0.05, 0.1) is 19.5 Å². The van der Waals surface area contributed by atoms with Gasteiger partial charge >= 0.3 is 0 Å². The first-order valence-electron chi connectivity index (χ1n) is 5.68. The van der Waals surface area contributed by atoms with Crippen molar-refractivity contribution in [3.05, 3.63) is 42.2 Å². The Morgan fingerprint density at radius 2 is 1.71 bits per heavy atom. The average Bonchev–Trinajstić information content (AvgIpc) is 2.38. The molecule has 0 aliphatic carbocycles. The van der Waals surface area contributed by atoms with Crippen molar-refractivity contribution in [2.45, 2.75) is 19.8 Å². The van der Waals surface area contributed by atoms with E-state index in [1.807, 2.05) is 30.5 Å². The van der Waals surface area contributed by atoms with E-state index in [4.69, 9.17) is 4.74 Å². The minimum atomic E-state index is 0.408. The third kappa shape index (κ3) is 2.28. The van der Waals surface area contributed by atoms with Crippen molar-refractivity contribution in [2.75, 3.05) is 7.11 Å². The third-order valence-electron chi connectivity index (χ3n) is 2.78. The Kier molecular flexibility index (Phi) is 3.38. The first-order chi connectivity index (χ1) is 8.24. The number of hydrogen-bond acceptors (Lipinski definition) is 3. The highest BCUT2D eigenvalue weighted by Crippen LogP contribution is 2.33. The average molecular weight is 228 g/mol. The van der Waals surface area contributed by atoms with Crippen molar-refractivity contribution >= 4 is 0 Å². The minimum Gasteiger partial charge on any atom is -0.496 e. The van der Waals surface area contributed by atoms with Crippen LogP contribution in [0.1, 0.15) is 25.3 Å². The molecule has 0 aliphatic heterocycles. The molecule has 0 saturated heterocycles. The van der Waals surface area contributed by atoms with E-state index in [0.29, 0.717) is 5.92 Å². The summed E-state index contributed by atoms with van der Waals surface area (Å²) in [5.41, 5.74) is 3.34. The van der Waals surface area contributed by atoms with Crippen molar-refractivity contribution in [2.24, 2.45) is 0 Å². The van der Waals surface area contributed by atoms with Crippen LogP contribution < -0.4 is 4.74 Å². The zero-order valence-electron chi connectivity index (χ0n) is 10.3. The SMILES string of the molecule is COc1ccccc1-c1cnncc1C(C)C. The number of nitrogens with zero attached hydrogens (tertiary/aromatic N) is 2. The molecule has 0 unspecified atom stereocenters. The molecule has 17 heavy (non-hydrogen) atoms. The quantitative estimate of drug-likeness (QED) is 0.808. The molecule has 0 radical (unpaired) electrons. The number of hydrogen-bond donors (Lipinski definition) is 0. The first kappa shape index (κ1) is 11.6. The Balaban J connectivity index is 2.60. The van der Waals surface area contributed by atoms with E-state index in [1.54, 1.807) is 13.3 Å². The number of aromatic nitrogens is 2. The molecule has 3 heteroatoms. The highest BCUT2D eigenvalue weighted by molar-refractivity contribution is 5.72. The second kappa shape index (κ2) is 4.95. The maximum Gasteiger partial charge on any atom is 0.126 e. The smallest absolute Gasteiger partial charge is 0.126 e. The maximum atomic E-state index is 5.39. The molecular weight excluding hydrogens is 212 g/mol. The van der Waals surface area contributed by atoms with Gasteiger partial charge < -0.3 is 4.74 Å². The van der Waals surface area contributed by atoms with Gasteiger partial charge in [-0.25, -0.2) is 0 Å². The molecule has 0 bridgehead atoms. The van der Waals surface area contributed by atoms with Crippen LogP contribution in [0.5, 0.6) is 5.75 Å². The highest BCUT2D eigenvalue weighted by Gasteiger charge is 2.12. The summed E-state index contributed by atoms with van der Waals surface area (Å²) in [6.07, 6.45) is 3.62. The number of ether oxygens (including phenoxy) is 1. The fourth-order valence-electron chi connectivity index (χ4n) is 1.88. The van der Waals surface area contributed by atoms with E-state index in [9.17, 15) is 0 Å². The summed E-state index contributed by atoms with van der Waals surface area (Å²) in [6, 6.07) is 7.97. The fourth-order valence-corrected chi connectivity index (χ4v) is 1.88. The summed E-state index contributed by atoms with van der Waals surface area (Å²) in [6.45, 7) is 4.30. The molecule has 2 aromatic rings. The van der Waals surface area contributed by atoms with Crippen LogP contribution in [0.3, 0.4) is 0 Å². The maximum absolute atomic E-state index is 5.39. The number of rotatable bonds is 3. The Labute approximate surface area is 101 Å². The summed E-state index contributed by atoms with van der Waals surface area (Å²) >= 11 is 0. The van der Waals surface area contributed by atoms with Crippen molar-refractivity contribution in [3.8, 4) is 16.9 Å². The molecule has 0 saturated carbocycles. The molecule has 0 atom stereocenters. The normalized spacial score (nSPS) is 10.6. The van der Waals surface area contributed by atoms with E-state index in [1.165, 1.54) is 5.56 Å². The Hall–Kier alpha value is -1.90. The van der Waals surface area contributed by atoms with Gasteiger partial charge in [0.2, 0.25) is 0 Å². The summed E-state index contributed by atoms with van der Waals surface area (Å²) in [7, 11) is 1.68. The van der Waals surface area contributed by atoms with Gasteiger partial charge in [0, 0.05) is 11.1 Å². The van der Waals surface area contributed by atoms with Crippen LogP contribution in [0.25, 0.3) is 11.1 Å². The molecule has 0 spiro atoms. The van der Waals surface area contributed by atoms with E-state index in [2.05, 4.69) is 24.0 Å². The van der Waals surface area contributed by atoms with Gasteiger partial charge in [-0.15, -0.1) is 0 Å². The molecule has 0 fully saturated rings. The molecule has 0 aliphatic rings. The monoisotopic (exact) mass is 228 g/mol. The Bertz CT molecular complexity index is 509. The lowest BCUT2D eigenvalue weighted by atomic mass is 9.95. The van der Waals surface area contributed by atoms with Crippen LogP contribution in [0.4, 0.5) is 0 Å². The van der Waals surface area contributed by atoms with E-state index < -0.39 is 0 Å². The van der Waals surface area contributed by atoms with Crippen LogP contribution in [0.15, 0.2) is 36.7 Å². The van der Waals surface area contributed by atoms with Crippen molar-refractivity contribution in [1.82, 2.24) is 10.2 Å². The summed E-state index contributed by atoms with van der Waals surface area (Å²) in [4.78, 5) is 0. The van der Waals surface area contributed by atoms with Crippen LogP contribution in [-0.2, 0) is 0 Å². The third-order valence-corrected chi connectivity index (χ3v) is 2.78. The summed E-state index contributed by atoms with van der Waals surface area (Å²) in [5, 5.41) is 7.93. The zero-order valence-corrected chi connectivity index (χ0v) is 10.3. The zero-order chi connectivity index (χ0) is 12.3. The molecule has 1 aromatic carbocycles. The highest BCUT2D eigenvalue weighted by atomic mass is 16.5. The van der Waals surface area contributed by atoms with E-state index in [0.717, 1.165) is 16.9 Å². The minimum absolute atomic E-state index is 0.408. The number of para-hydroxylation sites is 1. The van der Waals surface area contributed by atoms with Crippen LogP contribution in [0.2, 0.25) is 0 Å². The molecule has 88 valence electrons. The van der Waals surface area contributed by atoms with Gasteiger partial charge in [-0.05, 0) is 17.5 Å². The van der Waals surface area contributed by atoms with E-state index in [-0.39, 0.29) is 0 Å². The Morgan fingerprint density at radius 1 is 1.00 bits per heavy atom. The first-order valence-corrected chi connectivity index (χ1v) is 5.68. The second-order valence-corrected chi connectivity index (χ2v) is 4.21. The second-order valence-electron chi connectivity index (χ2n) is 4.21. The lowest BCUT2D eigenvalue weighted by Gasteiger charge is -2.13. The summed E-state index contributed by atoms with van der Waals surface area (Å²) in [5.74, 6) is 1.27. The molecule has 3 nitrogen and oxygen atoms in total. The number of benzene rings is 1. The Morgan fingerprint density at radius 3 is 2.41 bits per heavy atom. The largest absolute Gasteiger partial charge is 0.496 e.